The van der Waals surface area contributed by atoms with E-state index in [0.717, 1.165) is 48.9 Å². The van der Waals surface area contributed by atoms with Crippen molar-refractivity contribution in [1.29, 1.82) is 0 Å². The zero-order chi connectivity index (χ0) is 14.7. The van der Waals surface area contributed by atoms with Crippen LogP contribution in [0, 0.1) is 0 Å². The molecule has 3 rings (SSSR count). The molecule has 1 atom stereocenters. The number of hydrogen-bond acceptors (Lipinski definition) is 3. The fourth-order valence-corrected chi connectivity index (χ4v) is 3.10. The number of benzene rings is 1. The van der Waals surface area contributed by atoms with Crippen LogP contribution in [0.15, 0.2) is 36.5 Å². The third kappa shape index (κ3) is 2.76. The van der Waals surface area contributed by atoms with Crippen LogP contribution in [0.25, 0.3) is 10.9 Å². The Hall–Kier alpha value is -1.94. The lowest BCUT2D eigenvalue weighted by Crippen LogP contribution is -2.48. The SMILES string of the molecule is CCN(C(=O)c1ccnc2ccccc12)C1CCCNC1. The Kier molecular flexibility index (Phi) is 4.15. The molecule has 1 aromatic heterocycles. The van der Waals surface area contributed by atoms with Crippen molar-refractivity contribution in [1.82, 2.24) is 15.2 Å². The van der Waals surface area contributed by atoms with E-state index in [2.05, 4.69) is 17.2 Å². The zero-order valence-electron chi connectivity index (χ0n) is 12.4. The fourth-order valence-electron chi connectivity index (χ4n) is 3.10. The summed E-state index contributed by atoms with van der Waals surface area (Å²) in [7, 11) is 0. The highest BCUT2D eigenvalue weighted by molar-refractivity contribution is 6.06. The van der Waals surface area contributed by atoms with Crippen LogP contribution >= 0.6 is 0 Å². The van der Waals surface area contributed by atoms with Crippen molar-refractivity contribution in [3.05, 3.63) is 42.1 Å². The third-order valence-electron chi connectivity index (χ3n) is 4.19. The van der Waals surface area contributed by atoms with Crippen LogP contribution in [0.4, 0.5) is 0 Å². The highest BCUT2D eigenvalue weighted by atomic mass is 16.2. The van der Waals surface area contributed by atoms with Gasteiger partial charge in [0, 0.05) is 30.7 Å². The molecule has 2 aromatic rings. The minimum Gasteiger partial charge on any atom is -0.335 e. The Morgan fingerprint density at radius 3 is 3.00 bits per heavy atom. The normalized spacial score (nSPS) is 18.6. The van der Waals surface area contributed by atoms with Crippen LogP contribution in [0.2, 0.25) is 0 Å². The smallest absolute Gasteiger partial charge is 0.254 e. The molecule has 0 saturated carbocycles. The van der Waals surface area contributed by atoms with Gasteiger partial charge in [0.15, 0.2) is 0 Å². The molecule has 0 spiro atoms. The predicted molar refractivity (Wildman–Crippen MR) is 84.3 cm³/mol. The largest absolute Gasteiger partial charge is 0.335 e. The van der Waals surface area contributed by atoms with Crippen molar-refractivity contribution in [2.75, 3.05) is 19.6 Å². The maximum atomic E-state index is 13.0. The molecule has 1 saturated heterocycles. The highest BCUT2D eigenvalue weighted by Crippen LogP contribution is 2.20. The second-order valence-corrected chi connectivity index (χ2v) is 5.47. The second kappa shape index (κ2) is 6.22. The molecule has 4 heteroatoms. The topological polar surface area (TPSA) is 45.2 Å². The third-order valence-corrected chi connectivity index (χ3v) is 4.19. The number of carbonyl (C=O) groups excluding carboxylic acids is 1. The molecule has 1 aliphatic heterocycles. The van der Waals surface area contributed by atoms with E-state index in [0.29, 0.717) is 6.04 Å². The highest BCUT2D eigenvalue weighted by Gasteiger charge is 2.25. The van der Waals surface area contributed by atoms with Gasteiger partial charge in [-0.1, -0.05) is 18.2 Å². The average molecular weight is 283 g/mol. The lowest BCUT2D eigenvalue weighted by atomic mass is 10.0. The van der Waals surface area contributed by atoms with E-state index in [4.69, 9.17) is 0 Å². The molecule has 1 aromatic carbocycles. The van der Waals surface area contributed by atoms with Gasteiger partial charge in [-0.15, -0.1) is 0 Å². The number of aromatic nitrogens is 1. The number of pyridine rings is 1. The summed E-state index contributed by atoms with van der Waals surface area (Å²) in [6.45, 7) is 4.74. The lowest BCUT2D eigenvalue weighted by Gasteiger charge is -2.34. The Bertz CT molecular complexity index is 629. The molecule has 1 amide bonds. The summed E-state index contributed by atoms with van der Waals surface area (Å²) in [6.07, 6.45) is 3.93. The van der Waals surface area contributed by atoms with Crippen molar-refractivity contribution in [3.63, 3.8) is 0 Å². The molecule has 0 bridgehead atoms. The van der Waals surface area contributed by atoms with Gasteiger partial charge in [-0.2, -0.15) is 0 Å². The number of likely N-dealkylation sites (N-methyl/N-ethyl adjacent to an activating group) is 1. The summed E-state index contributed by atoms with van der Waals surface area (Å²) in [5.74, 6) is 0.116. The number of para-hydroxylation sites is 1. The minimum absolute atomic E-state index is 0.116. The molecule has 1 fully saturated rings. The molecule has 4 nitrogen and oxygen atoms in total. The summed E-state index contributed by atoms with van der Waals surface area (Å²) in [6, 6.07) is 9.96. The Morgan fingerprint density at radius 2 is 2.24 bits per heavy atom. The number of fused-ring (bicyclic) bond motifs is 1. The average Bonchev–Trinajstić information content (AvgIpc) is 2.56. The summed E-state index contributed by atoms with van der Waals surface area (Å²) >= 11 is 0. The minimum atomic E-state index is 0.116. The maximum absolute atomic E-state index is 13.0. The van der Waals surface area contributed by atoms with E-state index >= 15 is 0 Å². The van der Waals surface area contributed by atoms with Gasteiger partial charge in [0.05, 0.1) is 11.1 Å². The van der Waals surface area contributed by atoms with Crippen LogP contribution in [-0.2, 0) is 0 Å². The number of amides is 1. The first-order chi connectivity index (χ1) is 10.3. The van der Waals surface area contributed by atoms with Gasteiger partial charge in [-0.3, -0.25) is 9.78 Å². The number of piperidine rings is 1. The molecule has 0 radical (unpaired) electrons. The van der Waals surface area contributed by atoms with Crippen molar-refractivity contribution in [2.24, 2.45) is 0 Å². The van der Waals surface area contributed by atoms with Crippen LogP contribution in [-0.4, -0.2) is 41.5 Å². The maximum Gasteiger partial charge on any atom is 0.254 e. The van der Waals surface area contributed by atoms with Crippen molar-refractivity contribution in [3.8, 4) is 0 Å². The van der Waals surface area contributed by atoms with Crippen molar-refractivity contribution >= 4 is 16.8 Å². The van der Waals surface area contributed by atoms with E-state index in [-0.39, 0.29) is 5.91 Å². The lowest BCUT2D eigenvalue weighted by molar-refractivity contribution is 0.0664. The van der Waals surface area contributed by atoms with Gasteiger partial charge in [0.2, 0.25) is 0 Å². The summed E-state index contributed by atoms with van der Waals surface area (Å²) in [5.41, 5.74) is 1.63. The van der Waals surface area contributed by atoms with Crippen molar-refractivity contribution < 1.29 is 4.79 Å². The summed E-state index contributed by atoms with van der Waals surface area (Å²) in [4.78, 5) is 19.3. The van der Waals surface area contributed by atoms with Gasteiger partial charge in [0.25, 0.3) is 5.91 Å². The van der Waals surface area contributed by atoms with E-state index in [1.165, 1.54) is 0 Å². The standard InChI is InChI=1S/C17H21N3O/c1-2-20(13-6-5-10-18-12-13)17(21)15-9-11-19-16-8-4-3-7-14(15)16/h3-4,7-9,11,13,18H,2,5-6,10,12H2,1H3. The van der Waals surface area contributed by atoms with Gasteiger partial charge in [-0.05, 0) is 38.4 Å². The number of hydrogen-bond donors (Lipinski definition) is 1. The number of nitrogens with one attached hydrogen (secondary N) is 1. The van der Waals surface area contributed by atoms with E-state index in [1.54, 1.807) is 6.20 Å². The van der Waals surface area contributed by atoms with Gasteiger partial charge < -0.3 is 10.2 Å². The van der Waals surface area contributed by atoms with Crippen LogP contribution in [0.1, 0.15) is 30.1 Å². The Balaban J connectivity index is 1.94. The van der Waals surface area contributed by atoms with Crippen LogP contribution in [0.3, 0.4) is 0 Å². The van der Waals surface area contributed by atoms with Gasteiger partial charge >= 0.3 is 0 Å². The molecule has 1 N–H and O–H groups in total. The predicted octanol–water partition coefficient (Wildman–Crippen LogP) is 2.45. The molecular weight excluding hydrogens is 262 g/mol. The van der Waals surface area contributed by atoms with Gasteiger partial charge in [-0.25, -0.2) is 0 Å². The first kappa shape index (κ1) is 14.0. The number of nitrogens with zero attached hydrogens (tertiary/aromatic N) is 2. The van der Waals surface area contributed by atoms with E-state index in [1.807, 2.05) is 35.2 Å². The number of carbonyl (C=O) groups is 1. The molecule has 1 aliphatic rings. The summed E-state index contributed by atoms with van der Waals surface area (Å²) in [5, 5.41) is 4.32. The molecular formula is C17H21N3O. The molecule has 110 valence electrons. The fraction of sp³-hybridized carbons (Fsp3) is 0.412. The Labute approximate surface area is 125 Å². The quantitative estimate of drug-likeness (QED) is 0.941. The molecule has 21 heavy (non-hydrogen) atoms. The van der Waals surface area contributed by atoms with Gasteiger partial charge in [0.1, 0.15) is 0 Å². The molecule has 0 aliphatic carbocycles. The molecule has 2 heterocycles. The zero-order valence-corrected chi connectivity index (χ0v) is 12.4. The monoisotopic (exact) mass is 283 g/mol. The second-order valence-electron chi connectivity index (χ2n) is 5.47. The first-order valence-corrected chi connectivity index (χ1v) is 7.66. The molecule has 1 unspecified atom stereocenters. The van der Waals surface area contributed by atoms with Crippen LogP contribution < -0.4 is 5.32 Å². The van der Waals surface area contributed by atoms with E-state index < -0.39 is 0 Å². The first-order valence-electron chi connectivity index (χ1n) is 7.66. The number of rotatable bonds is 3. The Morgan fingerprint density at radius 1 is 1.38 bits per heavy atom. The van der Waals surface area contributed by atoms with E-state index in [9.17, 15) is 4.79 Å². The van der Waals surface area contributed by atoms with Crippen molar-refractivity contribution in [2.45, 2.75) is 25.8 Å². The van der Waals surface area contributed by atoms with Crippen LogP contribution in [0.5, 0.6) is 0 Å². The summed E-state index contributed by atoms with van der Waals surface area (Å²) < 4.78 is 0.